The van der Waals surface area contributed by atoms with E-state index in [9.17, 15) is 22.8 Å². The van der Waals surface area contributed by atoms with Crippen LogP contribution in [0.15, 0.2) is 29.2 Å². The molecular formula is C14H14N2O6S. The summed E-state index contributed by atoms with van der Waals surface area (Å²) >= 11 is 0. The first-order valence-electron chi connectivity index (χ1n) is 6.89. The van der Waals surface area contributed by atoms with Crippen LogP contribution in [0.25, 0.3) is 0 Å². The van der Waals surface area contributed by atoms with Gasteiger partial charge in [-0.05, 0) is 6.07 Å². The number of sulfonamides is 1. The van der Waals surface area contributed by atoms with E-state index in [1.165, 1.54) is 25.1 Å². The Hall–Kier alpha value is -2.26. The smallest absolute Gasteiger partial charge is 0.321 e. The number of rotatable bonds is 2. The highest BCUT2D eigenvalue weighted by Crippen LogP contribution is 2.51. The number of nitrogens with one attached hydrogen (secondary N) is 1. The predicted octanol–water partition coefficient (Wildman–Crippen LogP) is -0.648. The SMILES string of the molecule is CCN1C2(C(=O)NC(=O)C2C(=O)OC)c2ccccc2S1(=O)=O. The van der Waals surface area contributed by atoms with Gasteiger partial charge in [0.05, 0.1) is 12.0 Å². The molecule has 122 valence electrons. The molecule has 1 aromatic carbocycles. The number of nitrogens with zero attached hydrogens (tertiary/aromatic N) is 1. The highest BCUT2D eigenvalue weighted by molar-refractivity contribution is 7.89. The van der Waals surface area contributed by atoms with Gasteiger partial charge < -0.3 is 4.74 Å². The Morgan fingerprint density at radius 3 is 2.61 bits per heavy atom. The highest BCUT2D eigenvalue weighted by atomic mass is 32.2. The molecule has 9 heteroatoms. The molecular weight excluding hydrogens is 324 g/mol. The van der Waals surface area contributed by atoms with E-state index in [-0.39, 0.29) is 17.0 Å². The number of ether oxygens (including phenoxy) is 1. The average molecular weight is 338 g/mol. The first-order valence-corrected chi connectivity index (χ1v) is 8.33. The molecule has 0 aromatic heterocycles. The zero-order valence-electron chi connectivity index (χ0n) is 12.4. The summed E-state index contributed by atoms with van der Waals surface area (Å²) in [5.41, 5.74) is -1.82. The van der Waals surface area contributed by atoms with E-state index in [0.717, 1.165) is 11.4 Å². The average Bonchev–Trinajstić information content (AvgIpc) is 2.89. The molecule has 2 heterocycles. The Kier molecular flexibility index (Phi) is 3.31. The molecule has 0 saturated carbocycles. The normalized spacial score (nSPS) is 28.7. The number of hydrogen-bond acceptors (Lipinski definition) is 6. The largest absolute Gasteiger partial charge is 0.468 e. The Bertz CT molecular complexity index is 833. The van der Waals surface area contributed by atoms with E-state index in [1.807, 2.05) is 0 Å². The van der Waals surface area contributed by atoms with Crippen LogP contribution in [0.3, 0.4) is 0 Å². The number of methoxy groups -OCH3 is 1. The Morgan fingerprint density at radius 1 is 1.35 bits per heavy atom. The second-order valence-electron chi connectivity index (χ2n) is 5.21. The predicted molar refractivity (Wildman–Crippen MR) is 76.3 cm³/mol. The van der Waals surface area contributed by atoms with Gasteiger partial charge in [-0.15, -0.1) is 0 Å². The van der Waals surface area contributed by atoms with Crippen LogP contribution in [0.5, 0.6) is 0 Å². The minimum Gasteiger partial charge on any atom is -0.468 e. The highest BCUT2D eigenvalue weighted by Gasteiger charge is 2.70. The third kappa shape index (κ3) is 1.68. The van der Waals surface area contributed by atoms with Crippen molar-refractivity contribution in [2.75, 3.05) is 13.7 Å². The van der Waals surface area contributed by atoms with Crippen LogP contribution in [-0.2, 0) is 34.7 Å². The second kappa shape index (κ2) is 4.87. The molecule has 1 spiro atoms. The molecule has 2 unspecified atom stereocenters. The number of amides is 2. The summed E-state index contributed by atoms with van der Waals surface area (Å²) in [4.78, 5) is 36.9. The lowest BCUT2D eigenvalue weighted by Gasteiger charge is -2.33. The van der Waals surface area contributed by atoms with Crippen LogP contribution in [0.4, 0.5) is 0 Å². The van der Waals surface area contributed by atoms with Gasteiger partial charge in [0.25, 0.3) is 5.91 Å². The topological polar surface area (TPSA) is 110 Å². The summed E-state index contributed by atoms with van der Waals surface area (Å²) in [7, 11) is -2.93. The van der Waals surface area contributed by atoms with Crippen molar-refractivity contribution in [2.45, 2.75) is 17.4 Å². The van der Waals surface area contributed by atoms with Gasteiger partial charge in [0.15, 0.2) is 11.5 Å². The van der Waals surface area contributed by atoms with Crippen molar-refractivity contribution in [1.29, 1.82) is 0 Å². The van der Waals surface area contributed by atoms with Crippen LogP contribution >= 0.6 is 0 Å². The van der Waals surface area contributed by atoms with Crippen LogP contribution in [0.1, 0.15) is 12.5 Å². The standard InChI is InChI=1S/C14H14N2O6S/c1-3-16-14(8-6-4-5-7-9(8)23(16,20)21)10(12(18)22-2)11(17)15-13(14)19/h4-7,10H,3H2,1-2H3,(H,15,17,19). The molecule has 1 aromatic rings. The summed E-state index contributed by atoms with van der Waals surface area (Å²) in [6.07, 6.45) is 0. The van der Waals surface area contributed by atoms with Crippen LogP contribution in [-0.4, -0.2) is 44.2 Å². The number of imide groups is 1. The summed E-state index contributed by atoms with van der Waals surface area (Å²) in [6, 6.07) is 5.87. The summed E-state index contributed by atoms with van der Waals surface area (Å²) in [5, 5.41) is 2.07. The maximum Gasteiger partial charge on any atom is 0.321 e. The molecule has 0 bridgehead atoms. The fourth-order valence-electron chi connectivity index (χ4n) is 3.40. The fraction of sp³-hybridized carbons (Fsp3) is 0.357. The lowest BCUT2D eigenvalue weighted by molar-refractivity contribution is -0.154. The van der Waals surface area contributed by atoms with Gasteiger partial charge in [-0.25, -0.2) is 8.42 Å². The maximum atomic E-state index is 12.8. The Labute approximate surface area is 132 Å². The molecule has 8 nitrogen and oxygen atoms in total. The Morgan fingerprint density at radius 2 is 2.00 bits per heavy atom. The molecule has 0 radical (unpaired) electrons. The molecule has 1 fully saturated rings. The molecule has 0 aliphatic carbocycles. The third-order valence-corrected chi connectivity index (χ3v) is 6.28. The van der Waals surface area contributed by atoms with Crippen molar-refractivity contribution >= 4 is 27.8 Å². The molecule has 2 aliphatic heterocycles. The maximum absolute atomic E-state index is 12.8. The van der Waals surface area contributed by atoms with Gasteiger partial charge in [0.1, 0.15) is 0 Å². The van der Waals surface area contributed by atoms with E-state index in [1.54, 1.807) is 6.07 Å². The molecule has 1 N–H and O–H groups in total. The number of benzene rings is 1. The fourth-order valence-corrected chi connectivity index (χ4v) is 5.39. The number of esters is 1. The van der Waals surface area contributed by atoms with E-state index >= 15 is 0 Å². The number of carbonyl (C=O) groups is 3. The van der Waals surface area contributed by atoms with Gasteiger partial charge in [0, 0.05) is 12.1 Å². The number of hydrogen-bond donors (Lipinski definition) is 1. The quantitative estimate of drug-likeness (QED) is 0.436. The molecule has 3 rings (SSSR count). The van der Waals surface area contributed by atoms with Gasteiger partial charge in [-0.3, -0.25) is 19.7 Å². The van der Waals surface area contributed by atoms with E-state index in [0.29, 0.717) is 0 Å². The zero-order chi connectivity index (χ0) is 17.0. The van der Waals surface area contributed by atoms with E-state index in [4.69, 9.17) is 0 Å². The van der Waals surface area contributed by atoms with Gasteiger partial charge in [-0.2, -0.15) is 4.31 Å². The van der Waals surface area contributed by atoms with E-state index in [2.05, 4.69) is 10.1 Å². The van der Waals surface area contributed by atoms with Crippen molar-refractivity contribution < 1.29 is 27.5 Å². The lowest BCUT2D eigenvalue weighted by atomic mass is 9.79. The minimum atomic E-state index is -4.01. The first kappa shape index (κ1) is 15.6. The lowest BCUT2D eigenvalue weighted by Crippen LogP contribution is -2.54. The number of fused-ring (bicyclic) bond motifs is 2. The van der Waals surface area contributed by atoms with Crippen LogP contribution in [0.2, 0.25) is 0 Å². The molecule has 2 aliphatic rings. The van der Waals surface area contributed by atoms with Crippen molar-refractivity contribution in [1.82, 2.24) is 9.62 Å². The summed E-state index contributed by atoms with van der Waals surface area (Å²) in [5.74, 6) is -4.25. The van der Waals surface area contributed by atoms with Crippen molar-refractivity contribution in [2.24, 2.45) is 5.92 Å². The molecule has 23 heavy (non-hydrogen) atoms. The van der Waals surface area contributed by atoms with Crippen LogP contribution < -0.4 is 5.32 Å². The third-order valence-electron chi connectivity index (χ3n) is 4.25. The zero-order valence-corrected chi connectivity index (χ0v) is 13.2. The molecule has 2 amide bonds. The second-order valence-corrected chi connectivity index (χ2v) is 7.04. The van der Waals surface area contributed by atoms with E-state index < -0.39 is 39.3 Å². The monoisotopic (exact) mass is 338 g/mol. The van der Waals surface area contributed by atoms with Crippen molar-refractivity contribution in [3.05, 3.63) is 29.8 Å². The van der Waals surface area contributed by atoms with Gasteiger partial charge in [-0.1, -0.05) is 25.1 Å². The van der Waals surface area contributed by atoms with Gasteiger partial charge >= 0.3 is 5.97 Å². The van der Waals surface area contributed by atoms with Gasteiger partial charge in [0.2, 0.25) is 15.9 Å². The molecule has 1 saturated heterocycles. The minimum absolute atomic E-state index is 0.0782. The molecule has 2 atom stereocenters. The number of carbonyl (C=O) groups excluding carboxylic acids is 3. The Balaban J connectivity index is 2.41. The van der Waals surface area contributed by atoms with Crippen LogP contribution in [0, 0.1) is 5.92 Å². The summed E-state index contributed by atoms with van der Waals surface area (Å²) in [6.45, 7) is 1.46. The summed E-state index contributed by atoms with van der Waals surface area (Å²) < 4.78 is 31.1. The van der Waals surface area contributed by atoms with Crippen molar-refractivity contribution in [3.63, 3.8) is 0 Å². The number of likely N-dealkylation sites (N-methyl/N-ethyl adjacent to an activating group) is 1. The van der Waals surface area contributed by atoms with Crippen molar-refractivity contribution in [3.8, 4) is 0 Å². The first-order chi connectivity index (χ1) is 10.8.